The van der Waals surface area contributed by atoms with Crippen molar-refractivity contribution in [3.8, 4) is 5.75 Å². The van der Waals surface area contributed by atoms with Crippen LogP contribution < -0.4 is 4.74 Å². The Morgan fingerprint density at radius 1 is 0.800 bits per heavy atom. The molecule has 0 radical (unpaired) electrons. The molecule has 0 bridgehead atoms. The molecule has 1 saturated heterocycles. The van der Waals surface area contributed by atoms with E-state index in [1.54, 1.807) is 42.5 Å². The van der Waals surface area contributed by atoms with Gasteiger partial charge in [0.2, 0.25) is 0 Å². The molecule has 1 amide bonds. The van der Waals surface area contributed by atoms with Crippen LogP contribution in [0.3, 0.4) is 0 Å². The third-order valence-corrected chi connectivity index (χ3v) is 7.86. The first-order valence-corrected chi connectivity index (χ1v) is 15.2. The van der Waals surface area contributed by atoms with Crippen molar-refractivity contribution in [2.45, 2.75) is 103 Å². The van der Waals surface area contributed by atoms with Gasteiger partial charge in [-0.15, -0.1) is 0 Å². The number of aliphatic hydroxyl groups excluding tert-OH is 1. The van der Waals surface area contributed by atoms with Crippen molar-refractivity contribution < 1.29 is 23.8 Å². The Hall–Kier alpha value is -3.15. The maximum Gasteiger partial charge on any atom is 0.295 e. The Bertz CT molecular complexity index is 1110. The molecule has 1 atom stereocenters. The minimum Gasteiger partial charge on any atom is -0.507 e. The second kappa shape index (κ2) is 16.8. The van der Waals surface area contributed by atoms with Crippen LogP contribution in [0.5, 0.6) is 5.75 Å². The molecule has 0 unspecified atom stereocenters. The fraction of sp³-hybridized carbons (Fsp3) is 0.529. The van der Waals surface area contributed by atoms with Gasteiger partial charge >= 0.3 is 0 Å². The third kappa shape index (κ3) is 8.67. The summed E-state index contributed by atoms with van der Waals surface area (Å²) < 4.78 is 20.1. The van der Waals surface area contributed by atoms with Gasteiger partial charge in [-0.25, -0.2) is 4.39 Å². The number of likely N-dealkylation sites (tertiary alicyclic amines) is 1. The zero-order chi connectivity index (χ0) is 28.7. The summed E-state index contributed by atoms with van der Waals surface area (Å²) in [5.74, 6) is -1.70. The highest BCUT2D eigenvalue weighted by Crippen LogP contribution is 2.40. The number of amides is 1. The van der Waals surface area contributed by atoms with Gasteiger partial charge < -0.3 is 14.7 Å². The van der Waals surface area contributed by atoms with E-state index in [9.17, 15) is 19.1 Å². The molecule has 1 fully saturated rings. The zero-order valence-corrected chi connectivity index (χ0v) is 24.3. The Balaban J connectivity index is 1.55. The molecule has 218 valence electrons. The average molecular weight is 552 g/mol. The molecule has 1 aliphatic heterocycles. The molecule has 6 heteroatoms. The van der Waals surface area contributed by atoms with E-state index < -0.39 is 23.5 Å². The number of nitrogens with zero attached hydrogens (tertiary/aromatic N) is 1. The molecule has 1 heterocycles. The lowest BCUT2D eigenvalue weighted by Crippen LogP contribution is -2.31. The Labute approximate surface area is 239 Å². The molecule has 0 aliphatic carbocycles. The van der Waals surface area contributed by atoms with E-state index in [4.69, 9.17) is 4.74 Å². The fourth-order valence-electron chi connectivity index (χ4n) is 5.51. The summed E-state index contributed by atoms with van der Waals surface area (Å²) in [6.45, 7) is 2.58. The van der Waals surface area contributed by atoms with Gasteiger partial charge in [0.15, 0.2) is 0 Å². The summed E-state index contributed by atoms with van der Waals surface area (Å²) in [4.78, 5) is 27.7. The van der Waals surface area contributed by atoms with Crippen LogP contribution in [-0.4, -0.2) is 35.4 Å². The third-order valence-electron chi connectivity index (χ3n) is 7.86. The minimum atomic E-state index is -0.967. The lowest BCUT2D eigenvalue weighted by atomic mass is 9.94. The second-order valence-corrected chi connectivity index (χ2v) is 10.8. The quantitative estimate of drug-likeness (QED) is 0.0870. The largest absolute Gasteiger partial charge is 0.507 e. The number of unbranched alkanes of at least 4 members (excludes halogenated alkanes) is 13. The maximum absolute atomic E-state index is 14.9. The highest BCUT2D eigenvalue weighted by atomic mass is 19.1. The molecule has 5 nitrogen and oxygen atoms in total. The summed E-state index contributed by atoms with van der Waals surface area (Å²) in [6.07, 6.45) is 17.1. The second-order valence-electron chi connectivity index (χ2n) is 10.8. The van der Waals surface area contributed by atoms with E-state index in [0.717, 1.165) is 25.7 Å². The van der Waals surface area contributed by atoms with Gasteiger partial charge in [-0.1, -0.05) is 109 Å². The van der Waals surface area contributed by atoms with E-state index in [0.29, 0.717) is 17.9 Å². The number of ether oxygens (including phenoxy) is 1. The number of rotatable bonds is 18. The van der Waals surface area contributed by atoms with Crippen molar-refractivity contribution in [2.75, 3.05) is 13.7 Å². The molecule has 0 saturated carbocycles. The Kier molecular flexibility index (Phi) is 13.2. The number of benzene rings is 2. The molecule has 2 aromatic rings. The van der Waals surface area contributed by atoms with Crippen molar-refractivity contribution in [3.63, 3.8) is 0 Å². The van der Waals surface area contributed by atoms with Crippen LogP contribution in [0.4, 0.5) is 4.39 Å². The van der Waals surface area contributed by atoms with Gasteiger partial charge in [0.1, 0.15) is 17.3 Å². The van der Waals surface area contributed by atoms with Gasteiger partial charge in [-0.05, 0) is 36.8 Å². The molecule has 40 heavy (non-hydrogen) atoms. The van der Waals surface area contributed by atoms with Gasteiger partial charge in [0.05, 0.1) is 18.7 Å². The highest BCUT2D eigenvalue weighted by Gasteiger charge is 2.46. The van der Waals surface area contributed by atoms with E-state index >= 15 is 0 Å². The van der Waals surface area contributed by atoms with Crippen LogP contribution in [0, 0.1) is 5.82 Å². The van der Waals surface area contributed by atoms with Crippen LogP contribution in [0.15, 0.2) is 54.1 Å². The Morgan fingerprint density at radius 3 is 1.85 bits per heavy atom. The van der Waals surface area contributed by atoms with Gasteiger partial charge in [0.25, 0.3) is 11.7 Å². The number of halogens is 1. The molecule has 3 rings (SSSR count). The topological polar surface area (TPSA) is 66.8 Å². The molecule has 0 spiro atoms. The number of Topliss-reactive ketones (excluding diaryl/α,β-unsaturated/α-hetero) is 1. The lowest BCUT2D eigenvalue weighted by molar-refractivity contribution is -0.140. The van der Waals surface area contributed by atoms with Crippen LogP contribution in [0.25, 0.3) is 5.76 Å². The summed E-state index contributed by atoms with van der Waals surface area (Å²) >= 11 is 0. The monoisotopic (exact) mass is 551 g/mol. The standard InChI is InChI=1S/C34H46FNO4/c1-3-4-5-6-7-8-9-10-11-12-13-14-15-18-25-36-31(28-19-16-17-20-29(28)35)30(33(38)34(36)39)32(37)26-21-23-27(40-2)24-22-26/h16-17,19-24,31,37H,3-15,18,25H2,1-2H3/t31-/m1/s1. The van der Waals surface area contributed by atoms with Gasteiger partial charge in [-0.2, -0.15) is 0 Å². The van der Waals surface area contributed by atoms with E-state index in [2.05, 4.69) is 6.92 Å². The Morgan fingerprint density at radius 2 is 1.32 bits per heavy atom. The van der Waals surface area contributed by atoms with Crippen molar-refractivity contribution in [2.24, 2.45) is 0 Å². The van der Waals surface area contributed by atoms with E-state index in [1.165, 1.54) is 82.3 Å². The van der Waals surface area contributed by atoms with Crippen LogP contribution in [-0.2, 0) is 9.59 Å². The summed E-state index contributed by atoms with van der Waals surface area (Å²) in [6, 6.07) is 11.7. The van der Waals surface area contributed by atoms with Crippen molar-refractivity contribution in [3.05, 3.63) is 71.0 Å². The van der Waals surface area contributed by atoms with Crippen molar-refractivity contribution in [1.82, 2.24) is 4.90 Å². The van der Waals surface area contributed by atoms with Crippen LogP contribution >= 0.6 is 0 Å². The first kappa shape index (κ1) is 31.4. The average Bonchev–Trinajstić information content (AvgIpc) is 3.22. The molecule has 1 aliphatic rings. The molecule has 0 aromatic heterocycles. The van der Waals surface area contributed by atoms with Crippen LogP contribution in [0.2, 0.25) is 0 Å². The maximum atomic E-state index is 14.9. The van der Waals surface area contributed by atoms with Gasteiger partial charge in [0, 0.05) is 17.7 Å². The predicted molar refractivity (Wildman–Crippen MR) is 159 cm³/mol. The normalized spacial score (nSPS) is 16.6. The number of carbonyl (C=O) groups excluding carboxylic acids is 2. The molecule has 2 aromatic carbocycles. The SMILES string of the molecule is CCCCCCCCCCCCCCCCN1C(=O)C(=O)C(=C(O)c2ccc(OC)cc2)[C@H]1c1ccccc1F. The van der Waals surface area contributed by atoms with Gasteiger partial charge in [-0.3, -0.25) is 9.59 Å². The zero-order valence-electron chi connectivity index (χ0n) is 24.3. The lowest BCUT2D eigenvalue weighted by Gasteiger charge is -2.25. The summed E-state index contributed by atoms with van der Waals surface area (Å²) in [5.41, 5.74) is 0.504. The number of aliphatic hydroxyl groups is 1. The molecular weight excluding hydrogens is 505 g/mol. The first-order valence-electron chi connectivity index (χ1n) is 15.2. The van der Waals surface area contributed by atoms with E-state index in [1.807, 2.05) is 0 Å². The summed E-state index contributed by atoms with van der Waals surface area (Å²) in [7, 11) is 1.54. The first-order chi connectivity index (χ1) is 19.5. The predicted octanol–water partition coefficient (Wildman–Crippen LogP) is 8.74. The molecular formula is C34H46FNO4. The van der Waals surface area contributed by atoms with Crippen molar-refractivity contribution >= 4 is 17.4 Å². The molecule has 1 N–H and O–H groups in total. The highest BCUT2D eigenvalue weighted by molar-refractivity contribution is 6.46. The fourth-order valence-corrected chi connectivity index (χ4v) is 5.51. The number of ketones is 1. The van der Waals surface area contributed by atoms with Crippen LogP contribution in [0.1, 0.15) is 114 Å². The number of hydrogen-bond acceptors (Lipinski definition) is 4. The number of methoxy groups -OCH3 is 1. The summed E-state index contributed by atoms with van der Waals surface area (Å²) in [5, 5.41) is 11.1. The number of hydrogen-bond donors (Lipinski definition) is 1. The van der Waals surface area contributed by atoms with Crippen molar-refractivity contribution in [1.29, 1.82) is 0 Å². The number of carbonyl (C=O) groups is 2. The smallest absolute Gasteiger partial charge is 0.295 e. The minimum absolute atomic E-state index is 0.0781. The van der Waals surface area contributed by atoms with E-state index in [-0.39, 0.29) is 16.9 Å².